The summed E-state index contributed by atoms with van der Waals surface area (Å²) >= 11 is 0. The van der Waals surface area contributed by atoms with Crippen LogP contribution < -0.4 is 5.32 Å². The van der Waals surface area contributed by atoms with Gasteiger partial charge in [0, 0.05) is 19.1 Å². The molecule has 1 N–H and O–H groups in total. The topological polar surface area (TPSA) is 41.6 Å². The Labute approximate surface area is 136 Å². The molecule has 4 nitrogen and oxygen atoms in total. The van der Waals surface area contributed by atoms with Crippen LogP contribution in [0, 0.1) is 11.3 Å². The average Bonchev–Trinajstić information content (AvgIpc) is 2.95. The molecule has 22 heavy (non-hydrogen) atoms. The standard InChI is InChI=1S/C18H34N2O2/c1-17(2,3)22-16(21)20-12-9-14(13-20)8-11-19-15-7-6-10-18(15,4)5/h14-15,19H,6-13H2,1-5H3. The van der Waals surface area contributed by atoms with Crippen LogP contribution in [0.5, 0.6) is 0 Å². The Bertz CT molecular complexity index is 387. The van der Waals surface area contributed by atoms with Crippen LogP contribution in [0.4, 0.5) is 4.79 Å². The van der Waals surface area contributed by atoms with Gasteiger partial charge in [0.1, 0.15) is 5.60 Å². The van der Waals surface area contributed by atoms with Crippen molar-refractivity contribution in [3.63, 3.8) is 0 Å². The molecule has 2 atom stereocenters. The first-order valence-corrected chi connectivity index (χ1v) is 8.89. The molecule has 2 unspecified atom stereocenters. The van der Waals surface area contributed by atoms with E-state index in [0.29, 0.717) is 17.4 Å². The molecule has 0 aromatic heterocycles. The Hall–Kier alpha value is -0.770. The highest BCUT2D eigenvalue weighted by Crippen LogP contribution is 2.37. The fourth-order valence-electron chi connectivity index (χ4n) is 3.73. The maximum absolute atomic E-state index is 12.1. The molecule has 2 fully saturated rings. The summed E-state index contributed by atoms with van der Waals surface area (Å²) in [5, 5.41) is 3.75. The third kappa shape index (κ3) is 4.87. The number of likely N-dealkylation sites (tertiary alicyclic amines) is 1. The predicted octanol–water partition coefficient (Wildman–Crippen LogP) is 3.80. The van der Waals surface area contributed by atoms with E-state index < -0.39 is 5.60 Å². The molecular weight excluding hydrogens is 276 g/mol. The Morgan fingerprint density at radius 2 is 2.05 bits per heavy atom. The molecule has 1 heterocycles. The van der Waals surface area contributed by atoms with Crippen molar-refractivity contribution in [3.05, 3.63) is 0 Å². The van der Waals surface area contributed by atoms with E-state index in [1.807, 2.05) is 25.7 Å². The van der Waals surface area contributed by atoms with Crippen molar-refractivity contribution < 1.29 is 9.53 Å². The number of ether oxygens (including phenoxy) is 1. The number of hydrogen-bond acceptors (Lipinski definition) is 3. The van der Waals surface area contributed by atoms with Gasteiger partial charge in [0.2, 0.25) is 0 Å². The minimum atomic E-state index is -0.398. The van der Waals surface area contributed by atoms with Crippen LogP contribution in [0.15, 0.2) is 0 Å². The number of carbonyl (C=O) groups is 1. The van der Waals surface area contributed by atoms with Gasteiger partial charge in [-0.1, -0.05) is 20.3 Å². The molecule has 0 spiro atoms. The van der Waals surface area contributed by atoms with Crippen LogP contribution in [-0.4, -0.2) is 42.3 Å². The summed E-state index contributed by atoms with van der Waals surface area (Å²) in [4.78, 5) is 13.9. The van der Waals surface area contributed by atoms with Crippen LogP contribution in [0.25, 0.3) is 0 Å². The third-order valence-electron chi connectivity index (χ3n) is 5.14. The summed E-state index contributed by atoms with van der Waals surface area (Å²) in [6, 6.07) is 0.663. The van der Waals surface area contributed by atoms with Gasteiger partial charge in [0.15, 0.2) is 0 Å². The fourth-order valence-corrected chi connectivity index (χ4v) is 3.73. The highest BCUT2D eigenvalue weighted by molar-refractivity contribution is 5.68. The van der Waals surface area contributed by atoms with Crippen LogP contribution >= 0.6 is 0 Å². The van der Waals surface area contributed by atoms with Gasteiger partial charge >= 0.3 is 6.09 Å². The molecule has 1 saturated carbocycles. The van der Waals surface area contributed by atoms with E-state index >= 15 is 0 Å². The van der Waals surface area contributed by atoms with E-state index in [2.05, 4.69) is 19.2 Å². The van der Waals surface area contributed by atoms with Crippen molar-refractivity contribution in [2.24, 2.45) is 11.3 Å². The number of nitrogens with one attached hydrogen (secondary N) is 1. The van der Waals surface area contributed by atoms with E-state index in [1.54, 1.807) is 0 Å². The molecule has 1 amide bonds. The lowest BCUT2D eigenvalue weighted by molar-refractivity contribution is 0.0287. The second kappa shape index (κ2) is 6.77. The van der Waals surface area contributed by atoms with Gasteiger partial charge in [-0.15, -0.1) is 0 Å². The van der Waals surface area contributed by atoms with E-state index in [-0.39, 0.29) is 6.09 Å². The maximum atomic E-state index is 12.1. The summed E-state index contributed by atoms with van der Waals surface area (Å²) in [6.07, 6.45) is 6.10. The molecule has 1 aliphatic carbocycles. The summed E-state index contributed by atoms with van der Waals surface area (Å²) in [5.41, 5.74) is 0.0447. The van der Waals surface area contributed by atoms with Crippen LogP contribution in [0.2, 0.25) is 0 Å². The first kappa shape index (κ1) is 17.6. The molecule has 128 valence electrons. The second-order valence-corrected chi connectivity index (χ2v) is 8.76. The Balaban J connectivity index is 1.67. The highest BCUT2D eigenvalue weighted by Gasteiger charge is 2.34. The number of nitrogens with zero attached hydrogens (tertiary/aromatic N) is 1. The Kier molecular flexibility index (Phi) is 5.41. The zero-order chi connectivity index (χ0) is 16.4. The van der Waals surface area contributed by atoms with Crippen molar-refractivity contribution in [2.45, 2.75) is 78.4 Å². The van der Waals surface area contributed by atoms with E-state index in [4.69, 9.17) is 4.74 Å². The van der Waals surface area contributed by atoms with Gasteiger partial charge in [0.25, 0.3) is 0 Å². The van der Waals surface area contributed by atoms with Gasteiger partial charge in [-0.2, -0.15) is 0 Å². The monoisotopic (exact) mass is 310 g/mol. The summed E-state index contributed by atoms with van der Waals surface area (Å²) < 4.78 is 5.45. The third-order valence-corrected chi connectivity index (χ3v) is 5.14. The molecule has 2 aliphatic rings. The first-order chi connectivity index (χ1) is 10.2. The number of amides is 1. The molecule has 4 heteroatoms. The lowest BCUT2D eigenvalue weighted by atomic mass is 9.87. The number of carbonyl (C=O) groups excluding carboxylic acids is 1. The summed E-state index contributed by atoms with van der Waals surface area (Å²) in [7, 11) is 0. The molecule has 0 aromatic carbocycles. The van der Waals surface area contributed by atoms with Crippen molar-refractivity contribution in [1.82, 2.24) is 10.2 Å². The number of rotatable bonds is 4. The largest absolute Gasteiger partial charge is 0.444 e. The smallest absolute Gasteiger partial charge is 0.410 e. The first-order valence-electron chi connectivity index (χ1n) is 8.89. The minimum absolute atomic E-state index is 0.153. The van der Waals surface area contributed by atoms with Crippen LogP contribution in [0.3, 0.4) is 0 Å². The second-order valence-electron chi connectivity index (χ2n) is 8.76. The summed E-state index contributed by atoms with van der Waals surface area (Å²) in [6.45, 7) is 13.3. The normalized spacial score (nSPS) is 28.1. The van der Waals surface area contributed by atoms with E-state index in [1.165, 1.54) is 19.3 Å². The van der Waals surface area contributed by atoms with Crippen molar-refractivity contribution in [3.8, 4) is 0 Å². The lowest BCUT2D eigenvalue weighted by Gasteiger charge is -2.28. The quantitative estimate of drug-likeness (QED) is 0.858. The summed E-state index contributed by atoms with van der Waals surface area (Å²) in [5.74, 6) is 0.615. The Morgan fingerprint density at radius 1 is 1.32 bits per heavy atom. The Morgan fingerprint density at radius 3 is 2.64 bits per heavy atom. The lowest BCUT2D eigenvalue weighted by Crippen LogP contribution is -2.39. The average molecular weight is 310 g/mol. The van der Waals surface area contributed by atoms with Gasteiger partial charge in [-0.3, -0.25) is 0 Å². The van der Waals surface area contributed by atoms with Crippen LogP contribution in [0.1, 0.15) is 66.7 Å². The predicted molar refractivity (Wildman–Crippen MR) is 90.0 cm³/mol. The van der Waals surface area contributed by atoms with E-state index in [9.17, 15) is 4.79 Å². The molecule has 1 aliphatic heterocycles. The molecular formula is C18H34N2O2. The van der Waals surface area contributed by atoms with Gasteiger partial charge < -0.3 is 15.0 Å². The van der Waals surface area contributed by atoms with E-state index in [0.717, 1.165) is 32.5 Å². The van der Waals surface area contributed by atoms with Crippen molar-refractivity contribution >= 4 is 6.09 Å². The molecule has 2 rings (SSSR count). The van der Waals surface area contributed by atoms with Gasteiger partial charge in [-0.25, -0.2) is 4.79 Å². The van der Waals surface area contributed by atoms with Crippen molar-refractivity contribution in [1.29, 1.82) is 0 Å². The van der Waals surface area contributed by atoms with Gasteiger partial charge in [0.05, 0.1) is 0 Å². The zero-order valence-electron chi connectivity index (χ0n) is 15.1. The number of hydrogen-bond donors (Lipinski definition) is 1. The molecule has 0 aromatic rings. The van der Waals surface area contributed by atoms with Crippen LogP contribution in [-0.2, 0) is 4.74 Å². The van der Waals surface area contributed by atoms with Crippen molar-refractivity contribution in [2.75, 3.05) is 19.6 Å². The van der Waals surface area contributed by atoms with Gasteiger partial charge in [-0.05, 0) is 64.3 Å². The fraction of sp³-hybridized carbons (Fsp3) is 0.944. The highest BCUT2D eigenvalue weighted by atomic mass is 16.6. The minimum Gasteiger partial charge on any atom is -0.444 e. The molecule has 1 saturated heterocycles. The SMILES string of the molecule is CC(C)(C)OC(=O)N1CCC(CCNC2CCCC2(C)C)C1. The molecule has 0 bridgehead atoms. The maximum Gasteiger partial charge on any atom is 0.410 e. The zero-order valence-corrected chi connectivity index (χ0v) is 15.1. The molecule has 0 radical (unpaired) electrons.